The minimum Gasteiger partial charge on any atom is -0.379 e. The largest absolute Gasteiger partial charge is 0.379 e. The number of benzene rings is 1. The Morgan fingerprint density at radius 2 is 1.71 bits per heavy atom. The van der Waals surface area contributed by atoms with E-state index in [4.69, 9.17) is 16.6 Å². The van der Waals surface area contributed by atoms with Crippen LogP contribution in [0, 0.1) is 6.92 Å². The monoisotopic (exact) mass is 530 g/mol. The fourth-order valence-corrected chi connectivity index (χ4v) is 5.57. The zero-order valence-electron chi connectivity index (χ0n) is 22.1. The van der Waals surface area contributed by atoms with E-state index in [1.165, 1.54) is 11.3 Å². The van der Waals surface area contributed by atoms with Crippen molar-refractivity contribution in [1.82, 2.24) is 29.7 Å². The molecule has 2 aliphatic heterocycles. The molecule has 9 heteroatoms. The maximum Gasteiger partial charge on any atom is 0.159 e. The van der Waals surface area contributed by atoms with Crippen LogP contribution in [0.15, 0.2) is 48.8 Å². The van der Waals surface area contributed by atoms with Gasteiger partial charge in [-0.15, -0.1) is 0 Å². The Morgan fingerprint density at radius 1 is 0.947 bits per heavy atom. The van der Waals surface area contributed by atoms with Crippen molar-refractivity contribution in [2.75, 3.05) is 56.5 Å². The molecule has 2 aliphatic rings. The molecular formula is C29H35ClN8. The van der Waals surface area contributed by atoms with Gasteiger partial charge >= 0.3 is 0 Å². The van der Waals surface area contributed by atoms with Gasteiger partial charge < -0.3 is 20.1 Å². The summed E-state index contributed by atoms with van der Waals surface area (Å²) in [5.74, 6) is 0.808. The van der Waals surface area contributed by atoms with Crippen LogP contribution in [0.4, 0.5) is 11.4 Å². The molecule has 2 N–H and O–H groups in total. The SMILES string of the molecule is Cc1ccc(CN2CCN(c3ccc(-c4nc5c(NC6CCN(C)CC6)c(Cl)cnc5[nH]4)cc3)CC2)nc1. The fraction of sp³-hybridized carbons (Fsp3) is 0.414. The minimum atomic E-state index is 0.391. The van der Waals surface area contributed by atoms with Crippen LogP contribution >= 0.6 is 11.6 Å². The smallest absolute Gasteiger partial charge is 0.159 e. The maximum absolute atomic E-state index is 6.57. The third-order valence-electron chi connectivity index (χ3n) is 7.77. The van der Waals surface area contributed by atoms with Gasteiger partial charge in [0, 0.05) is 56.2 Å². The standard InChI is InChI=1S/C29H35ClN8/c1-20-3-6-23(31-17-20)19-37-13-15-38(16-14-37)24-7-4-21(5-8-24)28-34-27-26(25(30)18-32-29(27)35-28)33-22-9-11-36(2)12-10-22/h3-8,17-18,22H,9-16,19H2,1-2H3,(H2,32,33,34,35). The van der Waals surface area contributed by atoms with E-state index in [9.17, 15) is 0 Å². The second-order valence-electron chi connectivity index (χ2n) is 10.6. The molecule has 0 saturated carbocycles. The van der Waals surface area contributed by atoms with Crippen molar-refractivity contribution >= 4 is 34.1 Å². The topological polar surface area (TPSA) is 76.2 Å². The van der Waals surface area contributed by atoms with E-state index in [1.54, 1.807) is 6.20 Å². The lowest BCUT2D eigenvalue weighted by atomic mass is 10.1. The number of anilines is 2. The molecule has 0 unspecified atom stereocenters. The second kappa shape index (κ2) is 10.9. The number of pyridine rings is 2. The van der Waals surface area contributed by atoms with Crippen molar-refractivity contribution in [2.45, 2.75) is 32.4 Å². The number of hydrogen-bond donors (Lipinski definition) is 2. The molecule has 0 aliphatic carbocycles. The van der Waals surface area contributed by atoms with Gasteiger partial charge in [-0.05, 0) is 75.8 Å². The molecule has 3 aromatic heterocycles. The van der Waals surface area contributed by atoms with Crippen molar-refractivity contribution in [3.63, 3.8) is 0 Å². The van der Waals surface area contributed by atoms with E-state index < -0.39 is 0 Å². The molecule has 2 saturated heterocycles. The summed E-state index contributed by atoms with van der Waals surface area (Å²) in [5, 5.41) is 4.27. The molecule has 0 spiro atoms. The number of halogens is 1. The molecule has 0 radical (unpaired) electrons. The summed E-state index contributed by atoms with van der Waals surface area (Å²) in [4.78, 5) is 24.7. The quantitative estimate of drug-likeness (QED) is 0.370. The molecule has 2 fully saturated rings. The maximum atomic E-state index is 6.57. The van der Waals surface area contributed by atoms with Gasteiger partial charge in [0.05, 0.1) is 22.6 Å². The molecule has 8 nitrogen and oxygen atoms in total. The molecule has 1 aromatic carbocycles. The third kappa shape index (κ3) is 5.48. The van der Waals surface area contributed by atoms with Gasteiger partial charge in [0.1, 0.15) is 11.3 Å². The number of nitrogens with one attached hydrogen (secondary N) is 2. The summed E-state index contributed by atoms with van der Waals surface area (Å²) in [6, 6.07) is 13.3. The zero-order chi connectivity index (χ0) is 26.1. The van der Waals surface area contributed by atoms with Crippen molar-refractivity contribution in [3.8, 4) is 11.4 Å². The van der Waals surface area contributed by atoms with Crippen molar-refractivity contribution in [2.24, 2.45) is 0 Å². The Balaban J connectivity index is 1.12. The van der Waals surface area contributed by atoms with E-state index in [1.807, 2.05) is 6.20 Å². The predicted molar refractivity (Wildman–Crippen MR) is 155 cm³/mol. The first-order valence-corrected chi connectivity index (χ1v) is 13.9. The van der Waals surface area contributed by atoms with Crippen LogP contribution in [0.5, 0.6) is 0 Å². The average molecular weight is 531 g/mol. The molecule has 0 bridgehead atoms. The van der Waals surface area contributed by atoms with Crippen molar-refractivity contribution in [1.29, 1.82) is 0 Å². The molecule has 6 rings (SSSR count). The highest BCUT2D eigenvalue weighted by atomic mass is 35.5. The minimum absolute atomic E-state index is 0.391. The van der Waals surface area contributed by atoms with Crippen LogP contribution in [-0.2, 0) is 6.54 Å². The zero-order valence-corrected chi connectivity index (χ0v) is 22.9. The number of likely N-dealkylation sites (tertiary alicyclic amines) is 1. The molecule has 4 aromatic rings. The van der Waals surface area contributed by atoms with Gasteiger partial charge in [-0.2, -0.15) is 0 Å². The van der Waals surface area contributed by atoms with Gasteiger partial charge in [0.25, 0.3) is 0 Å². The Hall–Kier alpha value is -3.20. The Labute approximate surface area is 229 Å². The lowest BCUT2D eigenvalue weighted by Crippen LogP contribution is -2.46. The van der Waals surface area contributed by atoms with E-state index in [-0.39, 0.29) is 0 Å². The first-order valence-electron chi connectivity index (χ1n) is 13.5. The summed E-state index contributed by atoms with van der Waals surface area (Å²) in [6.45, 7) is 9.22. The first kappa shape index (κ1) is 25.1. The second-order valence-corrected chi connectivity index (χ2v) is 11.0. The summed E-state index contributed by atoms with van der Waals surface area (Å²) in [7, 11) is 2.17. The number of aryl methyl sites for hydroxylation is 1. The first-order chi connectivity index (χ1) is 18.5. The number of nitrogens with zero attached hydrogens (tertiary/aromatic N) is 6. The van der Waals surface area contributed by atoms with Gasteiger partial charge in [-0.25, -0.2) is 9.97 Å². The van der Waals surface area contributed by atoms with Crippen LogP contribution in [0.1, 0.15) is 24.1 Å². The molecule has 0 amide bonds. The number of aromatic amines is 1. The molecule has 0 atom stereocenters. The lowest BCUT2D eigenvalue weighted by molar-refractivity contribution is 0.247. The van der Waals surface area contributed by atoms with Crippen molar-refractivity contribution < 1.29 is 0 Å². The number of hydrogen-bond acceptors (Lipinski definition) is 7. The van der Waals surface area contributed by atoms with E-state index in [0.717, 1.165) is 92.6 Å². The van der Waals surface area contributed by atoms with Gasteiger partial charge in [0.15, 0.2) is 5.65 Å². The normalized spacial score (nSPS) is 17.8. The third-order valence-corrected chi connectivity index (χ3v) is 8.06. The number of piperazine rings is 1. The van der Waals surface area contributed by atoms with E-state index in [0.29, 0.717) is 11.1 Å². The Morgan fingerprint density at radius 3 is 2.42 bits per heavy atom. The molecule has 5 heterocycles. The van der Waals surface area contributed by atoms with Crippen LogP contribution in [0.3, 0.4) is 0 Å². The summed E-state index contributed by atoms with van der Waals surface area (Å²) in [6.07, 6.45) is 5.84. The fourth-order valence-electron chi connectivity index (χ4n) is 5.38. The van der Waals surface area contributed by atoms with Crippen molar-refractivity contribution in [3.05, 3.63) is 65.1 Å². The number of aromatic nitrogens is 4. The predicted octanol–water partition coefficient (Wildman–Crippen LogP) is 4.81. The van der Waals surface area contributed by atoms with Gasteiger partial charge in [0.2, 0.25) is 0 Å². The van der Waals surface area contributed by atoms with E-state index >= 15 is 0 Å². The Bertz CT molecular complexity index is 1370. The highest BCUT2D eigenvalue weighted by Gasteiger charge is 2.21. The number of imidazole rings is 1. The van der Waals surface area contributed by atoms with E-state index in [2.05, 4.69) is 85.3 Å². The Kier molecular flexibility index (Phi) is 7.19. The number of rotatable bonds is 6. The molecule has 198 valence electrons. The highest BCUT2D eigenvalue weighted by molar-refractivity contribution is 6.34. The summed E-state index contributed by atoms with van der Waals surface area (Å²) < 4.78 is 0. The van der Waals surface area contributed by atoms with Crippen LogP contribution < -0.4 is 10.2 Å². The molecular weight excluding hydrogens is 496 g/mol. The van der Waals surface area contributed by atoms with Crippen LogP contribution in [0.25, 0.3) is 22.6 Å². The number of piperidine rings is 1. The van der Waals surface area contributed by atoms with Crippen LogP contribution in [-0.4, -0.2) is 82.1 Å². The van der Waals surface area contributed by atoms with Gasteiger partial charge in [-0.1, -0.05) is 17.7 Å². The molecule has 38 heavy (non-hydrogen) atoms. The summed E-state index contributed by atoms with van der Waals surface area (Å²) in [5.41, 5.74) is 7.05. The van der Waals surface area contributed by atoms with Gasteiger partial charge in [-0.3, -0.25) is 9.88 Å². The van der Waals surface area contributed by atoms with Crippen LogP contribution in [0.2, 0.25) is 5.02 Å². The lowest BCUT2D eigenvalue weighted by Gasteiger charge is -2.36. The number of fused-ring (bicyclic) bond motifs is 1. The number of H-pyrrole nitrogens is 1. The summed E-state index contributed by atoms with van der Waals surface area (Å²) >= 11 is 6.57. The average Bonchev–Trinajstić information content (AvgIpc) is 3.38. The highest BCUT2D eigenvalue weighted by Crippen LogP contribution is 2.32.